The van der Waals surface area contributed by atoms with Gasteiger partial charge in [0.15, 0.2) is 0 Å². The number of nitrogens with one attached hydrogen (secondary N) is 1. The number of pyridine rings is 1. The standard InChI is InChI=1S/C21H22Cl3N3O2/c1-13-5-7-15(8-6-13)19(29)25-20(21(22,23)24)26-10-14-9-16(12-26)17-3-2-4-18(28)27(17)11-14/h2-8,14,16,20H,9-12H2,1H3,(H,25,29)/t14-,16+,20?/m1/s1. The molecular weight excluding hydrogens is 433 g/mol. The van der Waals surface area contributed by atoms with Crippen molar-refractivity contribution in [1.82, 2.24) is 14.8 Å². The van der Waals surface area contributed by atoms with E-state index >= 15 is 0 Å². The van der Waals surface area contributed by atoms with E-state index < -0.39 is 9.96 Å². The molecule has 2 aliphatic heterocycles. The molecule has 29 heavy (non-hydrogen) atoms. The lowest BCUT2D eigenvalue weighted by molar-refractivity contribution is 0.0586. The number of fused-ring (bicyclic) bond motifs is 4. The summed E-state index contributed by atoms with van der Waals surface area (Å²) in [6.07, 6.45) is 0.215. The maximum absolute atomic E-state index is 12.8. The summed E-state index contributed by atoms with van der Waals surface area (Å²) in [6.45, 7) is 3.85. The molecular formula is C21H22Cl3N3O2. The molecule has 3 heterocycles. The Kier molecular flexibility index (Phi) is 5.68. The Labute approximate surface area is 184 Å². The highest BCUT2D eigenvalue weighted by atomic mass is 35.6. The molecule has 1 aromatic heterocycles. The fraction of sp³-hybridized carbons (Fsp3) is 0.429. The van der Waals surface area contributed by atoms with Gasteiger partial charge in [-0.3, -0.25) is 14.5 Å². The molecule has 8 heteroatoms. The van der Waals surface area contributed by atoms with Gasteiger partial charge in [-0.2, -0.15) is 0 Å². The maximum Gasteiger partial charge on any atom is 0.252 e. The van der Waals surface area contributed by atoms with Crippen LogP contribution in [-0.4, -0.2) is 38.4 Å². The van der Waals surface area contributed by atoms with E-state index in [9.17, 15) is 9.59 Å². The first-order valence-electron chi connectivity index (χ1n) is 9.60. The van der Waals surface area contributed by atoms with E-state index in [2.05, 4.69) is 5.32 Å². The van der Waals surface area contributed by atoms with E-state index in [1.54, 1.807) is 24.3 Å². The minimum absolute atomic E-state index is 0.0243. The van der Waals surface area contributed by atoms with Crippen molar-refractivity contribution in [2.45, 2.75) is 35.8 Å². The van der Waals surface area contributed by atoms with Crippen LogP contribution in [0.2, 0.25) is 0 Å². The quantitative estimate of drug-likeness (QED) is 0.720. The first kappa shape index (κ1) is 20.7. The van der Waals surface area contributed by atoms with Crippen molar-refractivity contribution in [3.63, 3.8) is 0 Å². The van der Waals surface area contributed by atoms with Crippen molar-refractivity contribution >= 4 is 40.7 Å². The Morgan fingerprint density at radius 3 is 2.52 bits per heavy atom. The number of alkyl halides is 3. The summed E-state index contributed by atoms with van der Waals surface area (Å²) in [5.41, 5.74) is 2.61. The predicted octanol–water partition coefficient (Wildman–Crippen LogP) is 3.70. The zero-order valence-electron chi connectivity index (χ0n) is 15.9. The number of hydrogen-bond donors (Lipinski definition) is 1. The van der Waals surface area contributed by atoms with Crippen molar-refractivity contribution < 1.29 is 4.79 Å². The number of amides is 1. The van der Waals surface area contributed by atoms with Crippen molar-refractivity contribution in [2.75, 3.05) is 13.1 Å². The van der Waals surface area contributed by atoms with Crippen LogP contribution in [0.4, 0.5) is 0 Å². The van der Waals surface area contributed by atoms with Gasteiger partial charge in [0, 0.05) is 42.9 Å². The van der Waals surface area contributed by atoms with E-state index in [0.29, 0.717) is 25.2 Å². The van der Waals surface area contributed by atoms with Crippen LogP contribution < -0.4 is 10.9 Å². The number of aryl methyl sites for hydroxylation is 1. The summed E-state index contributed by atoms with van der Waals surface area (Å²) in [5.74, 6) is 0.128. The first-order chi connectivity index (χ1) is 13.7. The predicted molar refractivity (Wildman–Crippen MR) is 116 cm³/mol. The Bertz CT molecular complexity index is 968. The van der Waals surface area contributed by atoms with Gasteiger partial charge in [0.25, 0.3) is 11.5 Å². The summed E-state index contributed by atoms with van der Waals surface area (Å²) in [4.78, 5) is 27.0. The van der Waals surface area contributed by atoms with Gasteiger partial charge in [-0.1, -0.05) is 58.6 Å². The fourth-order valence-corrected chi connectivity index (χ4v) is 5.01. The van der Waals surface area contributed by atoms with Crippen molar-refractivity contribution in [1.29, 1.82) is 0 Å². The number of hydrogen-bond acceptors (Lipinski definition) is 3. The SMILES string of the molecule is Cc1ccc(C(=O)NC(N2C[C@H]3C[C@@H](C2)c2cccc(=O)n2C3)C(Cl)(Cl)Cl)cc1. The first-order valence-corrected chi connectivity index (χ1v) is 10.7. The van der Waals surface area contributed by atoms with Crippen molar-refractivity contribution in [3.8, 4) is 0 Å². The molecule has 0 saturated carbocycles. The molecule has 0 radical (unpaired) electrons. The van der Waals surface area contributed by atoms with Gasteiger partial charge in [0.2, 0.25) is 3.79 Å². The summed E-state index contributed by atoms with van der Waals surface area (Å²) in [6, 6.07) is 12.6. The van der Waals surface area contributed by atoms with E-state index in [-0.39, 0.29) is 23.3 Å². The highest BCUT2D eigenvalue weighted by Crippen LogP contribution is 2.39. The molecule has 1 unspecified atom stereocenters. The smallest absolute Gasteiger partial charge is 0.252 e. The molecule has 2 bridgehead atoms. The van der Waals surface area contributed by atoms with Crippen LogP contribution in [0.25, 0.3) is 0 Å². The second-order valence-electron chi connectivity index (χ2n) is 7.94. The minimum atomic E-state index is -1.69. The highest BCUT2D eigenvalue weighted by molar-refractivity contribution is 6.68. The molecule has 2 aromatic rings. The zero-order valence-corrected chi connectivity index (χ0v) is 18.2. The van der Waals surface area contributed by atoms with Crippen LogP contribution in [0.1, 0.15) is 34.0 Å². The summed E-state index contributed by atoms with van der Waals surface area (Å²) in [7, 11) is 0. The third kappa shape index (κ3) is 4.33. The Morgan fingerprint density at radius 2 is 1.83 bits per heavy atom. The van der Waals surface area contributed by atoms with Gasteiger partial charge >= 0.3 is 0 Å². The van der Waals surface area contributed by atoms with Crippen LogP contribution in [0.3, 0.4) is 0 Å². The maximum atomic E-state index is 12.8. The number of benzene rings is 1. The highest BCUT2D eigenvalue weighted by Gasteiger charge is 2.44. The molecule has 1 saturated heterocycles. The second-order valence-corrected chi connectivity index (χ2v) is 10.3. The van der Waals surface area contributed by atoms with Crippen LogP contribution in [0.15, 0.2) is 47.3 Å². The van der Waals surface area contributed by atoms with Crippen LogP contribution in [-0.2, 0) is 6.54 Å². The molecule has 1 N–H and O–H groups in total. The van der Waals surface area contributed by atoms with Crippen LogP contribution in [0, 0.1) is 12.8 Å². The molecule has 0 spiro atoms. The lowest BCUT2D eigenvalue weighted by Gasteiger charge is -2.47. The van der Waals surface area contributed by atoms with Crippen molar-refractivity contribution in [3.05, 3.63) is 69.6 Å². The molecule has 0 aliphatic carbocycles. The van der Waals surface area contributed by atoms with E-state index in [1.807, 2.05) is 34.6 Å². The number of carbonyl (C=O) groups excluding carboxylic acids is 1. The monoisotopic (exact) mass is 453 g/mol. The summed E-state index contributed by atoms with van der Waals surface area (Å²) in [5, 5.41) is 2.91. The third-order valence-corrected chi connectivity index (χ3v) is 6.38. The average molecular weight is 455 g/mol. The number of piperidine rings is 1. The lowest BCUT2D eigenvalue weighted by Crippen LogP contribution is -2.60. The number of halogens is 3. The lowest BCUT2D eigenvalue weighted by atomic mass is 9.83. The van der Waals surface area contributed by atoms with Gasteiger partial charge in [-0.05, 0) is 37.5 Å². The summed E-state index contributed by atoms with van der Waals surface area (Å²) < 4.78 is 0.160. The Hall–Kier alpha value is -1.53. The van der Waals surface area contributed by atoms with Gasteiger partial charge in [-0.25, -0.2) is 0 Å². The normalized spacial score (nSPS) is 22.6. The van der Waals surface area contributed by atoms with Crippen LogP contribution >= 0.6 is 34.8 Å². The molecule has 1 amide bonds. The second kappa shape index (κ2) is 7.95. The number of aromatic nitrogens is 1. The molecule has 3 atom stereocenters. The molecule has 4 rings (SSSR count). The molecule has 2 aliphatic rings. The van der Waals surface area contributed by atoms with E-state index in [1.165, 1.54) is 0 Å². The average Bonchev–Trinajstić information content (AvgIpc) is 2.66. The zero-order chi connectivity index (χ0) is 20.8. The number of carbonyl (C=O) groups is 1. The summed E-state index contributed by atoms with van der Waals surface area (Å²) >= 11 is 18.9. The van der Waals surface area contributed by atoms with Crippen LogP contribution in [0.5, 0.6) is 0 Å². The molecule has 1 fully saturated rings. The number of likely N-dealkylation sites (tertiary alicyclic amines) is 1. The van der Waals surface area contributed by atoms with E-state index in [4.69, 9.17) is 34.8 Å². The van der Waals surface area contributed by atoms with Gasteiger partial charge in [0.1, 0.15) is 6.17 Å². The molecule has 1 aromatic carbocycles. The van der Waals surface area contributed by atoms with Gasteiger partial charge < -0.3 is 9.88 Å². The van der Waals surface area contributed by atoms with Gasteiger partial charge in [0.05, 0.1) is 0 Å². The minimum Gasteiger partial charge on any atom is -0.332 e. The topological polar surface area (TPSA) is 54.3 Å². The Balaban J connectivity index is 1.58. The number of rotatable bonds is 3. The Morgan fingerprint density at radius 1 is 1.10 bits per heavy atom. The fourth-order valence-electron chi connectivity index (χ4n) is 4.44. The third-order valence-electron chi connectivity index (χ3n) is 5.76. The largest absolute Gasteiger partial charge is 0.332 e. The number of nitrogens with zero attached hydrogens (tertiary/aromatic N) is 2. The molecule has 5 nitrogen and oxygen atoms in total. The molecule has 154 valence electrons. The van der Waals surface area contributed by atoms with E-state index in [0.717, 1.165) is 17.7 Å². The van der Waals surface area contributed by atoms with Crippen molar-refractivity contribution in [2.24, 2.45) is 5.92 Å². The van der Waals surface area contributed by atoms with Gasteiger partial charge in [-0.15, -0.1) is 0 Å².